The molecule has 0 amide bonds. The molecule has 10 nitrogen and oxygen atoms in total. The van der Waals surface area contributed by atoms with Crippen molar-refractivity contribution >= 4 is 0 Å². The van der Waals surface area contributed by atoms with Crippen molar-refractivity contribution in [2.24, 2.45) is 41.4 Å². The normalized spacial score (nSPS) is 25.1. The lowest BCUT2D eigenvalue weighted by Gasteiger charge is -2.26. The van der Waals surface area contributed by atoms with E-state index in [1.807, 2.05) is 0 Å². The minimum atomic E-state index is -1.03. The minimum Gasteiger partial charge on any atom is -0.389 e. The number of rotatable bonds is 6. The predicted octanol–water partition coefficient (Wildman–Crippen LogP) is 1.98. The molecular formula is C9H16N8O2. The zero-order chi connectivity index (χ0) is 13.9. The zero-order valence-corrected chi connectivity index (χ0v) is 10.7. The van der Waals surface area contributed by atoms with Gasteiger partial charge in [0.15, 0.2) is 0 Å². The van der Waals surface area contributed by atoms with Crippen molar-refractivity contribution in [2.45, 2.75) is 56.6 Å². The molecule has 0 saturated heterocycles. The molecule has 19 heavy (non-hydrogen) atoms. The van der Waals surface area contributed by atoms with Crippen molar-refractivity contribution in [2.75, 3.05) is 0 Å². The summed E-state index contributed by atoms with van der Waals surface area (Å²) in [5, 5.41) is 48.7. The molecule has 104 valence electrons. The summed E-state index contributed by atoms with van der Waals surface area (Å²) in [6.07, 6.45) is -0.172. The highest BCUT2D eigenvalue weighted by atomic mass is 16.3. The molecule has 2 unspecified atom stereocenters. The lowest BCUT2D eigenvalue weighted by Crippen LogP contribution is -2.38. The maximum Gasteiger partial charge on any atom is 0.220 e. The summed E-state index contributed by atoms with van der Waals surface area (Å²) in [4.78, 5) is 0. The van der Waals surface area contributed by atoms with Crippen molar-refractivity contribution < 1.29 is 10.2 Å². The molecular weight excluding hydrogens is 252 g/mol. The molecule has 0 radical (unpaired) electrons. The van der Waals surface area contributed by atoms with Crippen molar-refractivity contribution in [1.82, 2.24) is 0 Å². The smallest absolute Gasteiger partial charge is 0.220 e. The molecule has 2 aliphatic heterocycles. The summed E-state index contributed by atoms with van der Waals surface area (Å²) in [6, 6.07) is 0. The van der Waals surface area contributed by atoms with E-state index in [-0.39, 0.29) is 0 Å². The van der Waals surface area contributed by atoms with Crippen LogP contribution in [-0.2, 0) is 0 Å². The number of aliphatic hydroxyl groups is 2. The first-order chi connectivity index (χ1) is 9.01. The van der Waals surface area contributed by atoms with E-state index in [4.69, 9.17) is 0 Å². The molecule has 0 aliphatic carbocycles. The first-order valence-electron chi connectivity index (χ1n) is 6.05. The summed E-state index contributed by atoms with van der Waals surface area (Å²) in [6.45, 7) is 3.17. The van der Waals surface area contributed by atoms with Gasteiger partial charge in [-0.3, -0.25) is 0 Å². The van der Waals surface area contributed by atoms with E-state index in [9.17, 15) is 10.2 Å². The minimum absolute atomic E-state index is 0.428. The molecule has 2 rings (SSSR count). The molecule has 0 fully saturated rings. The molecule has 10 heteroatoms. The number of hydrogen-bond acceptors (Lipinski definition) is 10. The molecule has 2 heterocycles. The van der Waals surface area contributed by atoms with Crippen LogP contribution in [0.1, 0.15) is 33.1 Å². The van der Waals surface area contributed by atoms with Crippen molar-refractivity contribution in [3.63, 3.8) is 0 Å². The van der Waals surface area contributed by atoms with Crippen molar-refractivity contribution in [3.05, 3.63) is 0 Å². The third-order valence-electron chi connectivity index (χ3n) is 3.38. The van der Waals surface area contributed by atoms with Crippen LogP contribution in [0, 0.1) is 0 Å². The average Bonchev–Trinajstić information content (AvgIpc) is 2.99. The number of nitrogens with zero attached hydrogens (tertiary/aromatic N) is 8. The SMILES string of the molecule is CC(O)C1(CCCC2(C(C)O)N=NN=N2)N=NN=N1. The van der Waals surface area contributed by atoms with Gasteiger partial charge in [-0.1, -0.05) is 0 Å². The number of aliphatic hydroxyl groups excluding tert-OH is 2. The van der Waals surface area contributed by atoms with E-state index >= 15 is 0 Å². The molecule has 0 aromatic heterocycles. The first-order valence-corrected chi connectivity index (χ1v) is 6.05. The Hall–Kier alpha value is -1.68. The van der Waals surface area contributed by atoms with E-state index in [0.29, 0.717) is 19.3 Å². The van der Waals surface area contributed by atoms with Gasteiger partial charge in [0.1, 0.15) is 12.2 Å². The molecule has 0 aromatic rings. The lowest BCUT2D eigenvalue weighted by molar-refractivity contribution is 0.0805. The van der Waals surface area contributed by atoms with Crippen LogP contribution in [0.5, 0.6) is 0 Å². The van der Waals surface area contributed by atoms with E-state index in [1.54, 1.807) is 13.8 Å². The summed E-state index contributed by atoms with van der Waals surface area (Å²) in [5.74, 6) is 0. The van der Waals surface area contributed by atoms with Gasteiger partial charge < -0.3 is 10.2 Å². The van der Waals surface area contributed by atoms with E-state index < -0.39 is 23.5 Å². The van der Waals surface area contributed by atoms with Gasteiger partial charge in [0, 0.05) is 0 Å². The van der Waals surface area contributed by atoms with Crippen LogP contribution in [0.2, 0.25) is 0 Å². The van der Waals surface area contributed by atoms with Gasteiger partial charge in [0.25, 0.3) is 0 Å². The van der Waals surface area contributed by atoms with Crippen LogP contribution in [-0.4, -0.2) is 33.7 Å². The molecule has 0 spiro atoms. The zero-order valence-electron chi connectivity index (χ0n) is 10.7. The second-order valence-corrected chi connectivity index (χ2v) is 4.72. The monoisotopic (exact) mass is 268 g/mol. The van der Waals surface area contributed by atoms with Crippen LogP contribution < -0.4 is 0 Å². The maximum absolute atomic E-state index is 9.73. The summed E-state index contributed by atoms with van der Waals surface area (Å²) in [7, 11) is 0. The van der Waals surface area contributed by atoms with Crippen LogP contribution >= 0.6 is 0 Å². The Morgan fingerprint density at radius 3 is 1.32 bits per heavy atom. The van der Waals surface area contributed by atoms with Gasteiger partial charge in [0.2, 0.25) is 11.3 Å². The van der Waals surface area contributed by atoms with Crippen LogP contribution in [0.25, 0.3) is 0 Å². The third-order valence-corrected chi connectivity index (χ3v) is 3.38. The summed E-state index contributed by atoms with van der Waals surface area (Å²) >= 11 is 0. The second kappa shape index (κ2) is 5.13. The van der Waals surface area contributed by atoms with Gasteiger partial charge in [-0.25, -0.2) is 0 Å². The number of hydrogen-bond donors (Lipinski definition) is 2. The Labute approximate surface area is 109 Å². The van der Waals surface area contributed by atoms with E-state index in [1.165, 1.54) is 0 Å². The highest BCUT2D eigenvalue weighted by molar-refractivity contribution is 4.94. The van der Waals surface area contributed by atoms with Crippen LogP contribution in [0.3, 0.4) is 0 Å². The Balaban J connectivity index is 1.96. The predicted molar refractivity (Wildman–Crippen MR) is 62.1 cm³/mol. The van der Waals surface area contributed by atoms with Gasteiger partial charge in [-0.15, -0.1) is 20.5 Å². The summed E-state index contributed by atoms with van der Waals surface area (Å²) < 4.78 is 0. The maximum atomic E-state index is 9.73. The second-order valence-electron chi connectivity index (χ2n) is 4.72. The molecule has 0 bridgehead atoms. The van der Waals surface area contributed by atoms with Crippen LogP contribution in [0.4, 0.5) is 0 Å². The highest BCUT2D eigenvalue weighted by Gasteiger charge is 2.42. The highest BCUT2D eigenvalue weighted by Crippen LogP contribution is 2.35. The van der Waals surface area contributed by atoms with Gasteiger partial charge in [-0.2, -0.15) is 0 Å². The van der Waals surface area contributed by atoms with Crippen molar-refractivity contribution in [3.8, 4) is 0 Å². The molecule has 2 atom stereocenters. The van der Waals surface area contributed by atoms with Gasteiger partial charge in [-0.05, 0) is 54.0 Å². The van der Waals surface area contributed by atoms with Gasteiger partial charge in [0.05, 0.1) is 0 Å². The van der Waals surface area contributed by atoms with Crippen LogP contribution in [0.15, 0.2) is 41.4 Å². The van der Waals surface area contributed by atoms with E-state index in [0.717, 1.165) is 0 Å². The largest absolute Gasteiger partial charge is 0.389 e. The average molecular weight is 268 g/mol. The fourth-order valence-electron chi connectivity index (χ4n) is 1.99. The first kappa shape index (κ1) is 13.7. The molecule has 0 saturated carbocycles. The fraction of sp³-hybridized carbons (Fsp3) is 1.00. The quantitative estimate of drug-likeness (QED) is 0.760. The Kier molecular flexibility index (Phi) is 3.71. The lowest BCUT2D eigenvalue weighted by atomic mass is 9.93. The topological polar surface area (TPSA) is 139 Å². The fourth-order valence-corrected chi connectivity index (χ4v) is 1.99. The van der Waals surface area contributed by atoms with E-state index in [2.05, 4.69) is 41.4 Å². The molecule has 2 aliphatic rings. The molecule has 0 aromatic carbocycles. The standard InChI is InChI=1S/C9H16N8O2/c1-6(18)8(10-14-15-11-8)4-3-5-9(7(2)19)12-16-17-13-9/h6-7,18-19H,3-5H2,1-2H3. The summed E-state index contributed by atoms with van der Waals surface area (Å²) in [5.41, 5.74) is -2.07. The Morgan fingerprint density at radius 1 is 0.737 bits per heavy atom. The molecule has 2 N–H and O–H groups in total. The van der Waals surface area contributed by atoms with Gasteiger partial charge >= 0.3 is 0 Å². The third kappa shape index (κ3) is 2.54. The Morgan fingerprint density at radius 2 is 1.05 bits per heavy atom. The van der Waals surface area contributed by atoms with Crippen molar-refractivity contribution in [1.29, 1.82) is 0 Å². The Bertz CT molecular complexity index is 378.